The van der Waals surface area contributed by atoms with Crippen molar-refractivity contribution in [2.75, 3.05) is 18.1 Å². The summed E-state index contributed by atoms with van der Waals surface area (Å²) >= 11 is 7.33. The van der Waals surface area contributed by atoms with Gasteiger partial charge in [0, 0.05) is 18.1 Å². The van der Waals surface area contributed by atoms with Crippen LogP contribution in [0.1, 0.15) is 12.8 Å². The van der Waals surface area contributed by atoms with Crippen molar-refractivity contribution in [2.24, 2.45) is 0 Å². The number of halogens is 1. The summed E-state index contributed by atoms with van der Waals surface area (Å²) in [5.41, 5.74) is 0. The van der Waals surface area contributed by atoms with Gasteiger partial charge in [0.1, 0.15) is 5.38 Å². The molecule has 0 N–H and O–H groups in total. The Balaban J connectivity index is 1.98. The number of ether oxygens (including phenoxy) is 1. The number of nitrogens with zero attached hydrogens (tertiary/aromatic N) is 1. The third-order valence-electron chi connectivity index (χ3n) is 1.73. The van der Waals surface area contributed by atoms with Gasteiger partial charge in [-0.2, -0.15) is 17.0 Å². The van der Waals surface area contributed by atoms with Gasteiger partial charge < -0.3 is 4.74 Å². The summed E-state index contributed by atoms with van der Waals surface area (Å²) in [6.07, 6.45) is 2.73. The largest absolute Gasteiger partial charge is 0.377 e. The van der Waals surface area contributed by atoms with Gasteiger partial charge in [-0.25, -0.2) is 0 Å². The van der Waals surface area contributed by atoms with Gasteiger partial charge in [-0.1, -0.05) is 0 Å². The minimum atomic E-state index is -0.351. The van der Waals surface area contributed by atoms with Crippen molar-refractivity contribution < 1.29 is 4.74 Å². The van der Waals surface area contributed by atoms with Crippen molar-refractivity contribution in [3.63, 3.8) is 0 Å². The van der Waals surface area contributed by atoms with Gasteiger partial charge in [0.15, 0.2) is 0 Å². The van der Waals surface area contributed by atoms with Crippen molar-refractivity contribution in [3.05, 3.63) is 0 Å². The first-order chi connectivity index (χ1) is 5.83. The fourth-order valence-corrected chi connectivity index (χ4v) is 2.33. The predicted molar refractivity (Wildman–Crippen MR) is 51.6 cm³/mol. The lowest BCUT2D eigenvalue weighted by Crippen LogP contribution is -2.10. The SMILES string of the molecule is N#CC(Cl)CSCC1CCCO1. The van der Waals surface area contributed by atoms with E-state index in [0.717, 1.165) is 18.8 Å². The standard InChI is InChI=1S/C8H12ClNOS/c9-7(4-10)5-12-6-8-2-1-3-11-8/h7-8H,1-3,5-6H2. The predicted octanol–water partition coefficient (Wildman–Crippen LogP) is 2.03. The lowest BCUT2D eigenvalue weighted by atomic mass is 10.3. The Kier molecular flexibility index (Phi) is 4.82. The molecule has 0 aromatic rings. The van der Waals surface area contributed by atoms with Crippen LogP contribution < -0.4 is 0 Å². The average molecular weight is 206 g/mol. The van der Waals surface area contributed by atoms with Gasteiger partial charge in [-0.05, 0) is 12.8 Å². The molecule has 0 bridgehead atoms. The number of thioether (sulfide) groups is 1. The molecular formula is C8H12ClNOS. The normalized spacial score (nSPS) is 25.2. The van der Waals surface area contributed by atoms with E-state index in [4.69, 9.17) is 21.6 Å². The first-order valence-electron chi connectivity index (χ1n) is 4.06. The maximum absolute atomic E-state index is 8.40. The van der Waals surface area contributed by atoms with Crippen LogP contribution in [0, 0.1) is 11.3 Å². The van der Waals surface area contributed by atoms with Gasteiger partial charge in [-0.15, -0.1) is 11.6 Å². The highest BCUT2D eigenvalue weighted by Gasteiger charge is 2.15. The van der Waals surface area contributed by atoms with Crippen molar-refractivity contribution in [1.82, 2.24) is 0 Å². The van der Waals surface area contributed by atoms with Crippen LogP contribution in [0.15, 0.2) is 0 Å². The minimum Gasteiger partial charge on any atom is -0.377 e. The van der Waals surface area contributed by atoms with E-state index in [9.17, 15) is 0 Å². The number of alkyl halides is 1. The van der Waals surface area contributed by atoms with E-state index < -0.39 is 0 Å². The van der Waals surface area contributed by atoms with E-state index >= 15 is 0 Å². The number of rotatable bonds is 4. The second-order valence-corrected chi connectivity index (χ2v) is 4.37. The van der Waals surface area contributed by atoms with Crippen LogP contribution >= 0.6 is 23.4 Å². The molecule has 0 aromatic carbocycles. The molecule has 2 atom stereocenters. The molecular weight excluding hydrogens is 194 g/mol. The van der Waals surface area contributed by atoms with Crippen LogP contribution in [0.2, 0.25) is 0 Å². The first kappa shape index (κ1) is 10.2. The zero-order valence-corrected chi connectivity index (χ0v) is 8.40. The lowest BCUT2D eigenvalue weighted by Gasteiger charge is -2.07. The molecule has 0 aliphatic carbocycles. The maximum Gasteiger partial charge on any atom is 0.129 e. The zero-order chi connectivity index (χ0) is 8.81. The maximum atomic E-state index is 8.40. The molecule has 1 saturated heterocycles. The van der Waals surface area contributed by atoms with Gasteiger partial charge in [-0.3, -0.25) is 0 Å². The Labute approximate surface area is 82.2 Å². The van der Waals surface area contributed by atoms with Crippen molar-refractivity contribution in [3.8, 4) is 6.07 Å². The Hall–Kier alpha value is 0.0900. The summed E-state index contributed by atoms with van der Waals surface area (Å²) in [6, 6.07) is 1.99. The number of hydrogen-bond acceptors (Lipinski definition) is 3. The smallest absolute Gasteiger partial charge is 0.129 e. The average Bonchev–Trinajstić information content (AvgIpc) is 2.57. The molecule has 0 aromatic heterocycles. The molecule has 1 aliphatic heterocycles. The molecule has 1 aliphatic rings. The molecule has 4 heteroatoms. The van der Waals surface area contributed by atoms with Crippen LogP contribution in [-0.2, 0) is 4.74 Å². The Morgan fingerprint density at radius 3 is 3.17 bits per heavy atom. The fraction of sp³-hybridized carbons (Fsp3) is 0.875. The molecule has 0 radical (unpaired) electrons. The van der Waals surface area contributed by atoms with Gasteiger partial charge >= 0.3 is 0 Å². The summed E-state index contributed by atoms with van der Waals surface area (Å²) in [6.45, 7) is 0.897. The minimum absolute atomic E-state index is 0.351. The van der Waals surface area contributed by atoms with Crippen LogP contribution in [0.3, 0.4) is 0 Å². The second-order valence-electron chi connectivity index (χ2n) is 2.77. The van der Waals surface area contributed by atoms with Gasteiger partial charge in [0.2, 0.25) is 0 Å². The quantitative estimate of drug-likeness (QED) is 0.659. The molecule has 12 heavy (non-hydrogen) atoms. The third-order valence-corrected chi connectivity index (χ3v) is 3.34. The topological polar surface area (TPSA) is 33.0 Å². The van der Waals surface area contributed by atoms with E-state index in [-0.39, 0.29) is 5.38 Å². The van der Waals surface area contributed by atoms with Crippen molar-refractivity contribution >= 4 is 23.4 Å². The summed E-state index contributed by atoms with van der Waals surface area (Å²) in [4.78, 5) is 0. The summed E-state index contributed by atoms with van der Waals surface area (Å²) in [7, 11) is 0. The molecule has 1 rings (SSSR count). The first-order valence-corrected chi connectivity index (χ1v) is 5.65. The van der Waals surface area contributed by atoms with Crippen LogP contribution in [0.25, 0.3) is 0 Å². The molecule has 0 saturated carbocycles. The second kappa shape index (κ2) is 5.69. The molecule has 2 unspecified atom stereocenters. The highest BCUT2D eigenvalue weighted by atomic mass is 35.5. The van der Waals surface area contributed by atoms with E-state index in [1.807, 2.05) is 6.07 Å². The molecule has 1 fully saturated rings. The van der Waals surface area contributed by atoms with E-state index in [1.54, 1.807) is 11.8 Å². The fourth-order valence-electron chi connectivity index (χ4n) is 1.12. The van der Waals surface area contributed by atoms with Crippen LogP contribution in [-0.4, -0.2) is 29.6 Å². The van der Waals surface area contributed by atoms with Crippen LogP contribution in [0.5, 0.6) is 0 Å². The summed E-state index contributed by atoms with van der Waals surface area (Å²) in [5.74, 6) is 1.68. The third kappa shape index (κ3) is 3.66. The van der Waals surface area contributed by atoms with Crippen LogP contribution in [0.4, 0.5) is 0 Å². The highest BCUT2D eigenvalue weighted by molar-refractivity contribution is 7.99. The zero-order valence-electron chi connectivity index (χ0n) is 6.83. The van der Waals surface area contributed by atoms with Crippen molar-refractivity contribution in [1.29, 1.82) is 5.26 Å². The molecule has 0 spiro atoms. The van der Waals surface area contributed by atoms with Gasteiger partial charge in [0.05, 0.1) is 12.2 Å². The van der Waals surface area contributed by atoms with Gasteiger partial charge in [0.25, 0.3) is 0 Å². The number of nitriles is 1. The lowest BCUT2D eigenvalue weighted by molar-refractivity contribution is 0.129. The van der Waals surface area contributed by atoms with E-state index in [0.29, 0.717) is 11.9 Å². The Morgan fingerprint density at radius 2 is 2.58 bits per heavy atom. The summed E-state index contributed by atoms with van der Waals surface area (Å²) < 4.78 is 5.42. The molecule has 68 valence electrons. The molecule has 1 heterocycles. The number of hydrogen-bond donors (Lipinski definition) is 0. The molecule has 2 nitrogen and oxygen atoms in total. The van der Waals surface area contributed by atoms with E-state index in [1.165, 1.54) is 6.42 Å². The van der Waals surface area contributed by atoms with Crippen molar-refractivity contribution in [2.45, 2.75) is 24.3 Å². The molecule has 0 amide bonds. The Bertz CT molecular complexity index is 165. The monoisotopic (exact) mass is 205 g/mol. The summed E-state index contributed by atoms with van der Waals surface area (Å²) in [5, 5.41) is 8.05. The highest BCUT2D eigenvalue weighted by Crippen LogP contribution is 2.18. The van der Waals surface area contributed by atoms with E-state index in [2.05, 4.69) is 0 Å². The Morgan fingerprint density at radius 1 is 1.75 bits per heavy atom.